The lowest BCUT2D eigenvalue weighted by molar-refractivity contribution is 0.0606. The van der Waals surface area contributed by atoms with Crippen LogP contribution in [0.4, 0.5) is 0 Å². The zero-order valence-corrected chi connectivity index (χ0v) is 14.0. The number of hydrogen-bond donors (Lipinski definition) is 0. The van der Waals surface area contributed by atoms with E-state index in [1.807, 2.05) is 19.9 Å². The molecule has 0 unspecified atom stereocenters. The van der Waals surface area contributed by atoms with E-state index in [9.17, 15) is 13.7 Å². The van der Waals surface area contributed by atoms with E-state index in [1.54, 1.807) is 10.4 Å². The summed E-state index contributed by atoms with van der Waals surface area (Å²) in [5, 5.41) is 9.18. The summed E-state index contributed by atoms with van der Waals surface area (Å²) in [6.07, 6.45) is 4.65. The van der Waals surface area contributed by atoms with Crippen molar-refractivity contribution in [1.82, 2.24) is 9.29 Å². The summed E-state index contributed by atoms with van der Waals surface area (Å²) in [6.45, 7) is 6.68. The molecule has 2 fully saturated rings. The van der Waals surface area contributed by atoms with Gasteiger partial charge in [0, 0.05) is 18.3 Å². The van der Waals surface area contributed by atoms with Gasteiger partial charge in [-0.1, -0.05) is 6.92 Å². The van der Waals surface area contributed by atoms with Crippen LogP contribution in [0.2, 0.25) is 0 Å². The molecule has 2 heterocycles. The number of rotatable bonds is 2. The summed E-state index contributed by atoms with van der Waals surface area (Å²) in [7, 11) is -3.73. The fourth-order valence-electron chi connectivity index (χ4n) is 4.02. The molecular weight excluding hydrogens is 298 g/mol. The molecule has 1 aliphatic heterocycles. The summed E-state index contributed by atoms with van der Waals surface area (Å²) in [6, 6.07) is 4.95. The van der Waals surface area contributed by atoms with E-state index in [2.05, 4.69) is 11.9 Å². The maximum Gasteiger partial charge on any atom is 0.246 e. The lowest BCUT2D eigenvalue weighted by Gasteiger charge is -2.48. The summed E-state index contributed by atoms with van der Waals surface area (Å²) in [4.78, 5) is 3.93. The van der Waals surface area contributed by atoms with Crippen LogP contribution in [0, 0.1) is 22.7 Å². The van der Waals surface area contributed by atoms with Crippen molar-refractivity contribution >= 4 is 10.0 Å². The van der Waals surface area contributed by atoms with Crippen molar-refractivity contribution in [2.75, 3.05) is 6.54 Å². The Balaban J connectivity index is 2.11. The first kappa shape index (κ1) is 15.4. The Bertz CT molecular complexity index is 751. The van der Waals surface area contributed by atoms with Gasteiger partial charge in [-0.2, -0.15) is 9.57 Å². The molecule has 2 atom stereocenters. The van der Waals surface area contributed by atoms with Crippen LogP contribution in [0.15, 0.2) is 23.2 Å². The largest absolute Gasteiger partial charge is 0.246 e. The highest BCUT2D eigenvalue weighted by molar-refractivity contribution is 7.89. The van der Waals surface area contributed by atoms with Crippen LogP contribution in [0.3, 0.4) is 0 Å². The number of nitrogens with zero attached hydrogens (tertiary/aromatic N) is 3. The Morgan fingerprint density at radius 2 is 2.14 bits per heavy atom. The second-order valence-corrected chi connectivity index (χ2v) is 9.21. The van der Waals surface area contributed by atoms with Gasteiger partial charge < -0.3 is 0 Å². The molecule has 2 bridgehead atoms. The molecule has 0 aromatic carbocycles. The minimum absolute atomic E-state index is 0.0236. The van der Waals surface area contributed by atoms with Crippen LogP contribution >= 0.6 is 0 Å². The fraction of sp³-hybridized carbons (Fsp3) is 0.625. The van der Waals surface area contributed by atoms with Crippen molar-refractivity contribution in [3.63, 3.8) is 0 Å². The van der Waals surface area contributed by atoms with Crippen LogP contribution < -0.4 is 0 Å². The molecule has 6 heteroatoms. The molecule has 0 radical (unpaired) electrons. The van der Waals surface area contributed by atoms with Crippen LogP contribution in [0.1, 0.15) is 45.7 Å². The van der Waals surface area contributed by atoms with Gasteiger partial charge in [-0.15, -0.1) is 0 Å². The van der Waals surface area contributed by atoms with Gasteiger partial charge in [-0.05, 0) is 56.6 Å². The summed E-state index contributed by atoms with van der Waals surface area (Å²) < 4.78 is 28.0. The monoisotopic (exact) mass is 319 g/mol. The molecule has 0 N–H and O–H groups in total. The highest BCUT2D eigenvalue weighted by Crippen LogP contribution is 2.54. The SMILES string of the molecule is CC1(C)[C@H]2CC[C@](C)(C2)CN1S(=O)(=O)c1cccnc1C#N. The van der Waals surface area contributed by atoms with E-state index >= 15 is 0 Å². The topological polar surface area (TPSA) is 74.1 Å². The maximum atomic E-state index is 13.2. The molecule has 0 spiro atoms. The van der Waals surface area contributed by atoms with Crippen molar-refractivity contribution < 1.29 is 8.42 Å². The molecule has 2 aliphatic rings. The van der Waals surface area contributed by atoms with Gasteiger partial charge >= 0.3 is 0 Å². The number of hydrogen-bond acceptors (Lipinski definition) is 4. The molecule has 3 rings (SSSR count). The van der Waals surface area contributed by atoms with E-state index in [4.69, 9.17) is 0 Å². The second kappa shape index (κ2) is 4.77. The first-order chi connectivity index (χ1) is 10.2. The minimum atomic E-state index is -3.73. The molecule has 118 valence electrons. The Morgan fingerprint density at radius 1 is 1.41 bits per heavy atom. The van der Waals surface area contributed by atoms with E-state index in [0.29, 0.717) is 12.5 Å². The van der Waals surface area contributed by atoms with Gasteiger partial charge in [-0.3, -0.25) is 0 Å². The number of aromatic nitrogens is 1. The Kier molecular flexibility index (Phi) is 3.35. The van der Waals surface area contributed by atoms with E-state index in [-0.39, 0.29) is 16.0 Å². The second-order valence-electron chi connectivity index (χ2n) is 7.38. The van der Waals surface area contributed by atoms with Crippen molar-refractivity contribution in [2.45, 2.75) is 50.5 Å². The quantitative estimate of drug-likeness (QED) is 0.839. The van der Waals surface area contributed by atoms with Gasteiger partial charge in [0.25, 0.3) is 0 Å². The van der Waals surface area contributed by atoms with Crippen molar-refractivity contribution in [1.29, 1.82) is 5.26 Å². The van der Waals surface area contributed by atoms with Crippen LogP contribution in [-0.4, -0.2) is 29.8 Å². The van der Waals surface area contributed by atoms with Crippen LogP contribution in [0.5, 0.6) is 0 Å². The predicted molar refractivity (Wildman–Crippen MR) is 82.4 cm³/mol. The van der Waals surface area contributed by atoms with Crippen molar-refractivity contribution in [3.05, 3.63) is 24.0 Å². The fourth-order valence-corrected chi connectivity index (χ4v) is 6.10. The van der Waals surface area contributed by atoms with Gasteiger partial charge in [0.2, 0.25) is 10.0 Å². The normalized spacial score (nSPS) is 30.9. The molecule has 1 saturated heterocycles. The third-order valence-corrected chi connectivity index (χ3v) is 7.51. The average molecular weight is 319 g/mol. The van der Waals surface area contributed by atoms with E-state index < -0.39 is 15.6 Å². The highest BCUT2D eigenvalue weighted by Gasteiger charge is 2.55. The molecule has 5 nitrogen and oxygen atoms in total. The summed E-state index contributed by atoms with van der Waals surface area (Å²) in [5.41, 5.74) is -0.416. The Labute approximate surface area is 132 Å². The summed E-state index contributed by atoms with van der Waals surface area (Å²) in [5.74, 6) is 0.364. The zero-order valence-electron chi connectivity index (χ0n) is 13.2. The molecule has 1 aliphatic carbocycles. The lowest BCUT2D eigenvalue weighted by Crippen LogP contribution is -2.57. The van der Waals surface area contributed by atoms with Gasteiger partial charge in [0.05, 0.1) is 0 Å². The molecule has 0 amide bonds. The molecule has 1 aromatic heterocycles. The highest BCUT2D eigenvalue weighted by atomic mass is 32.2. The maximum absolute atomic E-state index is 13.2. The number of piperidine rings is 1. The predicted octanol–water partition coefficient (Wildman–Crippen LogP) is 2.54. The van der Waals surface area contributed by atoms with Crippen LogP contribution in [-0.2, 0) is 10.0 Å². The van der Waals surface area contributed by atoms with E-state index in [1.165, 1.54) is 12.3 Å². The third-order valence-electron chi connectivity index (χ3n) is 5.45. The molecule has 22 heavy (non-hydrogen) atoms. The van der Waals surface area contributed by atoms with Crippen LogP contribution in [0.25, 0.3) is 0 Å². The minimum Gasteiger partial charge on any atom is -0.244 e. The smallest absolute Gasteiger partial charge is 0.244 e. The number of pyridine rings is 1. The zero-order chi connectivity index (χ0) is 16.2. The lowest BCUT2D eigenvalue weighted by atomic mass is 9.77. The van der Waals surface area contributed by atoms with Crippen molar-refractivity contribution in [2.24, 2.45) is 11.3 Å². The van der Waals surface area contributed by atoms with E-state index in [0.717, 1.165) is 19.3 Å². The number of nitriles is 1. The molecular formula is C16H21N3O2S. The standard InChI is InChI=1S/C16H21N3O2S/c1-15(2)12-6-7-16(3,9-12)11-19(15)22(20,21)14-5-4-8-18-13(14)10-17/h4-5,8,12H,6-7,9,11H2,1-3H3/t12-,16+/m0/s1. The van der Waals surface area contributed by atoms with Gasteiger partial charge in [0.1, 0.15) is 11.0 Å². The van der Waals surface area contributed by atoms with Gasteiger partial charge in [0.15, 0.2) is 5.69 Å². The summed E-state index contributed by atoms with van der Waals surface area (Å²) >= 11 is 0. The Hall–Kier alpha value is -1.45. The first-order valence-corrected chi connectivity index (χ1v) is 9.03. The Morgan fingerprint density at radius 3 is 2.82 bits per heavy atom. The first-order valence-electron chi connectivity index (χ1n) is 7.59. The number of sulfonamides is 1. The molecule has 1 aromatic rings. The third kappa shape index (κ3) is 2.15. The number of fused-ring (bicyclic) bond motifs is 2. The average Bonchev–Trinajstić information content (AvgIpc) is 2.83. The van der Waals surface area contributed by atoms with Gasteiger partial charge in [-0.25, -0.2) is 13.4 Å². The van der Waals surface area contributed by atoms with Crippen molar-refractivity contribution in [3.8, 4) is 6.07 Å². The molecule has 1 saturated carbocycles.